The normalized spacial score (nSPS) is 10.1. The second kappa shape index (κ2) is 11.3. The Morgan fingerprint density at radius 3 is 1.50 bits per heavy atom. The molecular formula is C16H28BN. The summed E-state index contributed by atoms with van der Waals surface area (Å²) >= 11 is 0. The number of benzene rings is 1. The first-order valence-electron chi connectivity index (χ1n) is 7.18. The third-order valence-corrected chi connectivity index (χ3v) is 2.70. The molecule has 0 aliphatic carbocycles. The summed E-state index contributed by atoms with van der Waals surface area (Å²) in [6, 6.07) is 7.79. The second-order valence-electron chi connectivity index (χ2n) is 4.75. The molecule has 0 fully saturated rings. The van der Waals surface area contributed by atoms with Crippen molar-refractivity contribution in [3.05, 3.63) is 29.8 Å². The van der Waals surface area contributed by atoms with E-state index in [2.05, 4.69) is 25.7 Å². The molecule has 100 valence electrons. The Balaban J connectivity index is 0.000000327. The van der Waals surface area contributed by atoms with E-state index in [1.54, 1.807) is 0 Å². The van der Waals surface area contributed by atoms with Crippen LogP contribution in [0.3, 0.4) is 0 Å². The van der Waals surface area contributed by atoms with Gasteiger partial charge in [0.25, 0.3) is 0 Å². The Morgan fingerprint density at radius 2 is 1.22 bits per heavy atom. The fourth-order valence-corrected chi connectivity index (χ4v) is 1.85. The summed E-state index contributed by atoms with van der Waals surface area (Å²) in [6.45, 7) is 12.6. The highest BCUT2D eigenvalue weighted by atomic mass is 15.1. The van der Waals surface area contributed by atoms with Crippen molar-refractivity contribution in [1.82, 2.24) is 4.90 Å². The molecule has 0 N–H and O–H groups in total. The minimum atomic E-state index is 0.829. The lowest BCUT2D eigenvalue weighted by molar-refractivity contribution is 0.275. The minimum absolute atomic E-state index is 0.829. The van der Waals surface area contributed by atoms with Gasteiger partial charge >= 0.3 is 0 Å². The van der Waals surface area contributed by atoms with E-state index in [0.29, 0.717) is 0 Å². The molecule has 0 spiro atoms. The van der Waals surface area contributed by atoms with Crippen molar-refractivity contribution in [2.45, 2.75) is 47.0 Å². The highest BCUT2D eigenvalue weighted by Gasteiger charge is 1.98. The van der Waals surface area contributed by atoms with Gasteiger partial charge in [0.05, 0.1) is 0 Å². The molecule has 18 heavy (non-hydrogen) atoms. The summed E-state index contributed by atoms with van der Waals surface area (Å²) in [4.78, 5) is 2.54. The SMILES string of the molecule is CCCN(CCC)CCC.[B]c1ccc(C)cc1. The fraction of sp³-hybridized carbons (Fsp3) is 0.625. The summed E-state index contributed by atoms with van der Waals surface area (Å²) in [6.07, 6.45) is 3.88. The van der Waals surface area contributed by atoms with Crippen LogP contribution in [0.5, 0.6) is 0 Å². The predicted octanol–water partition coefficient (Wildman–Crippen LogP) is 3.31. The van der Waals surface area contributed by atoms with Gasteiger partial charge in [0.1, 0.15) is 7.85 Å². The van der Waals surface area contributed by atoms with E-state index >= 15 is 0 Å². The van der Waals surface area contributed by atoms with Gasteiger partial charge in [-0.3, -0.25) is 0 Å². The largest absolute Gasteiger partial charge is 0.303 e. The molecule has 0 bridgehead atoms. The van der Waals surface area contributed by atoms with Gasteiger partial charge in [0.15, 0.2) is 0 Å². The molecule has 0 heterocycles. The van der Waals surface area contributed by atoms with Gasteiger partial charge in [-0.05, 0) is 45.8 Å². The van der Waals surface area contributed by atoms with Crippen LogP contribution in [0.15, 0.2) is 24.3 Å². The smallest absolute Gasteiger partial charge is 0.113 e. The predicted molar refractivity (Wildman–Crippen MR) is 83.9 cm³/mol. The van der Waals surface area contributed by atoms with E-state index in [-0.39, 0.29) is 0 Å². The molecule has 1 rings (SSSR count). The summed E-state index contributed by atoms with van der Waals surface area (Å²) in [5.74, 6) is 0. The average Bonchev–Trinajstić information content (AvgIpc) is 2.35. The lowest BCUT2D eigenvalue weighted by Crippen LogP contribution is -2.25. The van der Waals surface area contributed by atoms with Crippen LogP contribution in [0, 0.1) is 6.92 Å². The van der Waals surface area contributed by atoms with Crippen LogP contribution >= 0.6 is 0 Å². The van der Waals surface area contributed by atoms with Crippen LogP contribution in [0.2, 0.25) is 0 Å². The second-order valence-corrected chi connectivity index (χ2v) is 4.75. The molecule has 0 amide bonds. The molecule has 0 atom stereocenters. The van der Waals surface area contributed by atoms with Crippen molar-refractivity contribution in [2.24, 2.45) is 0 Å². The first kappa shape index (κ1) is 17.2. The maximum atomic E-state index is 5.43. The molecule has 2 heteroatoms. The van der Waals surface area contributed by atoms with Gasteiger partial charge in [0, 0.05) is 0 Å². The molecule has 0 saturated carbocycles. The van der Waals surface area contributed by atoms with Crippen LogP contribution in [0.4, 0.5) is 0 Å². The third-order valence-electron chi connectivity index (χ3n) is 2.70. The van der Waals surface area contributed by atoms with E-state index in [1.165, 1.54) is 44.5 Å². The van der Waals surface area contributed by atoms with Crippen molar-refractivity contribution < 1.29 is 0 Å². The van der Waals surface area contributed by atoms with Crippen LogP contribution in [0.25, 0.3) is 0 Å². The van der Waals surface area contributed by atoms with Crippen molar-refractivity contribution in [3.8, 4) is 0 Å². The van der Waals surface area contributed by atoms with Gasteiger partial charge in [-0.1, -0.05) is 56.1 Å². The van der Waals surface area contributed by atoms with Crippen LogP contribution in [0.1, 0.15) is 45.6 Å². The zero-order valence-corrected chi connectivity index (χ0v) is 12.6. The van der Waals surface area contributed by atoms with E-state index < -0.39 is 0 Å². The van der Waals surface area contributed by atoms with Gasteiger partial charge in [0.2, 0.25) is 0 Å². The van der Waals surface area contributed by atoms with Gasteiger partial charge in [-0.15, -0.1) is 0 Å². The van der Waals surface area contributed by atoms with Crippen LogP contribution in [-0.2, 0) is 0 Å². The first-order valence-corrected chi connectivity index (χ1v) is 7.18. The molecule has 2 radical (unpaired) electrons. The van der Waals surface area contributed by atoms with E-state index in [1.807, 2.05) is 31.2 Å². The van der Waals surface area contributed by atoms with Gasteiger partial charge in [-0.25, -0.2) is 0 Å². The van der Waals surface area contributed by atoms with Gasteiger partial charge < -0.3 is 4.90 Å². The number of nitrogens with zero attached hydrogens (tertiary/aromatic N) is 1. The van der Waals surface area contributed by atoms with E-state index in [4.69, 9.17) is 7.85 Å². The Kier molecular flexibility index (Phi) is 10.9. The average molecular weight is 245 g/mol. The Morgan fingerprint density at radius 1 is 0.833 bits per heavy atom. The zero-order chi connectivity index (χ0) is 13.8. The number of hydrogen-bond acceptors (Lipinski definition) is 1. The molecular weight excluding hydrogens is 217 g/mol. The highest BCUT2D eigenvalue weighted by molar-refractivity contribution is 6.32. The third kappa shape index (κ3) is 9.29. The molecule has 0 saturated heterocycles. The lowest BCUT2D eigenvalue weighted by Gasteiger charge is -2.19. The molecule has 0 aliphatic rings. The molecule has 0 unspecified atom stereocenters. The van der Waals surface area contributed by atoms with Crippen molar-refractivity contribution >= 4 is 13.3 Å². The Bertz CT molecular complexity index is 246. The summed E-state index contributed by atoms with van der Waals surface area (Å²) < 4.78 is 0. The fourth-order valence-electron chi connectivity index (χ4n) is 1.85. The molecule has 0 aliphatic heterocycles. The number of aryl methyl sites for hydroxylation is 1. The number of hydrogen-bond donors (Lipinski definition) is 0. The summed E-state index contributed by atoms with van der Waals surface area (Å²) in [5.41, 5.74) is 2.08. The standard InChI is InChI=1S/C9H21N.C7H7B/c1-4-7-10(8-5-2)9-6-3;1-6-2-4-7(8)5-3-6/h4-9H2,1-3H3;2-5H,1H3. The van der Waals surface area contributed by atoms with E-state index in [0.717, 1.165) is 5.46 Å². The highest BCUT2D eigenvalue weighted by Crippen LogP contribution is 1.94. The monoisotopic (exact) mass is 245 g/mol. The van der Waals surface area contributed by atoms with Gasteiger partial charge in [-0.2, -0.15) is 0 Å². The molecule has 1 nitrogen and oxygen atoms in total. The summed E-state index contributed by atoms with van der Waals surface area (Å²) in [5, 5.41) is 0. The maximum Gasteiger partial charge on any atom is 0.113 e. The zero-order valence-electron chi connectivity index (χ0n) is 12.6. The van der Waals surface area contributed by atoms with Crippen molar-refractivity contribution in [1.29, 1.82) is 0 Å². The van der Waals surface area contributed by atoms with E-state index in [9.17, 15) is 0 Å². The quantitative estimate of drug-likeness (QED) is 0.695. The maximum absolute atomic E-state index is 5.43. The topological polar surface area (TPSA) is 3.24 Å². The molecule has 0 aromatic heterocycles. The Hall–Kier alpha value is -0.755. The molecule has 1 aromatic carbocycles. The molecule has 1 aromatic rings. The lowest BCUT2D eigenvalue weighted by atomic mass is 9.96. The van der Waals surface area contributed by atoms with Crippen molar-refractivity contribution in [3.63, 3.8) is 0 Å². The summed E-state index contributed by atoms with van der Waals surface area (Å²) in [7, 11) is 5.43. The van der Waals surface area contributed by atoms with Crippen LogP contribution in [-0.4, -0.2) is 32.4 Å². The van der Waals surface area contributed by atoms with Crippen LogP contribution < -0.4 is 5.46 Å². The first-order chi connectivity index (χ1) is 8.63. The Labute approximate surface area is 115 Å². The van der Waals surface area contributed by atoms with Crippen molar-refractivity contribution in [2.75, 3.05) is 19.6 Å². The minimum Gasteiger partial charge on any atom is -0.303 e. The number of rotatable bonds is 6.